The fraction of sp³-hybridized carbons (Fsp3) is 0.357. The topological polar surface area (TPSA) is 124 Å². The molecule has 4 aromatic rings. The molecule has 0 bridgehead atoms. The number of fused-ring (bicyclic) bond motifs is 1. The summed E-state index contributed by atoms with van der Waals surface area (Å²) in [7, 11) is -3.74. The first-order chi connectivity index (χ1) is 17.8. The third-order valence-electron chi connectivity index (χ3n) is 7.52. The molecule has 10 heteroatoms. The molecule has 5 N–H and O–H groups in total. The molecular weight excluding hydrogens is 535 g/mol. The summed E-state index contributed by atoms with van der Waals surface area (Å²) < 4.78 is 23.0. The molecule has 0 aliphatic heterocycles. The number of nitrogens with one attached hydrogen (secondary N) is 1. The SMILES string of the molecule is CCc1cc2c(cc1-c1csc(-c3sc(Nc4ccc(S(N)(=O)=O)cc4)nc3N)n1)C(C)(C)CCC2(C)C. The molecule has 0 radical (unpaired) electrons. The van der Waals surface area contributed by atoms with Crippen molar-refractivity contribution in [1.82, 2.24) is 9.97 Å². The van der Waals surface area contributed by atoms with Gasteiger partial charge in [0.15, 0.2) is 5.13 Å². The molecule has 200 valence electrons. The Morgan fingerprint density at radius 1 is 1.00 bits per heavy atom. The standard InChI is InChI=1S/C28H33N5O2S3/c1-6-16-13-20-21(28(4,5)12-11-27(20,2)3)14-19(16)22-15-36-25(32-22)23-24(29)33-26(37-23)31-17-7-9-18(10-8-17)38(30,34)35/h7-10,13-15H,6,11-12,29H2,1-5H3,(H,31,33)(H2,30,34,35). The van der Waals surface area contributed by atoms with Crippen LogP contribution in [0.15, 0.2) is 46.7 Å². The third-order valence-corrected chi connectivity index (χ3v) is 10.4. The normalized spacial score (nSPS) is 16.3. The van der Waals surface area contributed by atoms with E-state index in [9.17, 15) is 8.42 Å². The highest BCUT2D eigenvalue weighted by molar-refractivity contribution is 7.89. The second kappa shape index (κ2) is 9.44. The van der Waals surface area contributed by atoms with E-state index in [-0.39, 0.29) is 15.7 Å². The summed E-state index contributed by atoms with van der Waals surface area (Å²) in [4.78, 5) is 10.3. The van der Waals surface area contributed by atoms with Crippen LogP contribution in [0.1, 0.15) is 64.2 Å². The number of hydrogen-bond donors (Lipinski definition) is 3. The molecule has 2 heterocycles. The van der Waals surface area contributed by atoms with Crippen molar-refractivity contribution in [2.24, 2.45) is 5.14 Å². The maximum atomic E-state index is 11.5. The number of benzene rings is 2. The molecule has 7 nitrogen and oxygen atoms in total. The number of nitrogens with two attached hydrogens (primary N) is 2. The van der Waals surface area contributed by atoms with E-state index in [0.29, 0.717) is 16.6 Å². The first-order valence-corrected chi connectivity index (χ1v) is 15.8. The number of nitrogens with zero attached hydrogens (tertiary/aromatic N) is 2. The van der Waals surface area contributed by atoms with Crippen molar-refractivity contribution in [3.63, 3.8) is 0 Å². The molecule has 5 rings (SSSR count). The van der Waals surface area contributed by atoms with Crippen LogP contribution in [0.5, 0.6) is 0 Å². The number of aryl methyl sites for hydroxylation is 1. The number of anilines is 3. The van der Waals surface area contributed by atoms with Crippen LogP contribution in [0.25, 0.3) is 21.1 Å². The Labute approximate surface area is 232 Å². The molecule has 2 aromatic carbocycles. The van der Waals surface area contributed by atoms with Crippen molar-refractivity contribution >= 4 is 49.3 Å². The third kappa shape index (κ3) is 4.98. The molecule has 1 aliphatic carbocycles. The van der Waals surface area contributed by atoms with Crippen LogP contribution in [0, 0.1) is 0 Å². The molecule has 0 atom stereocenters. The monoisotopic (exact) mass is 567 g/mol. The van der Waals surface area contributed by atoms with Gasteiger partial charge in [-0.1, -0.05) is 52.0 Å². The number of nitrogen functional groups attached to an aromatic ring is 1. The molecule has 38 heavy (non-hydrogen) atoms. The van der Waals surface area contributed by atoms with Crippen molar-refractivity contribution in [3.05, 3.63) is 58.5 Å². The summed E-state index contributed by atoms with van der Waals surface area (Å²) in [6.45, 7) is 11.6. The molecule has 2 aromatic heterocycles. The van der Waals surface area contributed by atoms with Gasteiger partial charge in [-0.15, -0.1) is 11.3 Å². The van der Waals surface area contributed by atoms with Crippen LogP contribution in [0.2, 0.25) is 0 Å². The van der Waals surface area contributed by atoms with Gasteiger partial charge in [0, 0.05) is 16.6 Å². The number of thiazole rings is 2. The predicted octanol–water partition coefficient (Wildman–Crippen LogP) is 6.82. The minimum Gasteiger partial charge on any atom is -0.382 e. The lowest BCUT2D eigenvalue weighted by molar-refractivity contribution is 0.331. The van der Waals surface area contributed by atoms with E-state index in [4.69, 9.17) is 15.9 Å². The average Bonchev–Trinajstić information content (AvgIpc) is 3.47. The van der Waals surface area contributed by atoms with E-state index in [1.54, 1.807) is 23.5 Å². The molecule has 0 amide bonds. The molecule has 0 saturated heterocycles. The molecule has 0 saturated carbocycles. The van der Waals surface area contributed by atoms with Gasteiger partial charge in [-0.05, 0) is 77.1 Å². The zero-order valence-electron chi connectivity index (χ0n) is 22.3. The van der Waals surface area contributed by atoms with Crippen LogP contribution in [0.4, 0.5) is 16.6 Å². The van der Waals surface area contributed by atoms with E-state index < -0.39 is 10.0 Å². The Bertz CT molecular complexity index is 1620. The number of hydrogen-bond acceptors (Lipinski definition) is 8. The molecule has 0 fully saturated rings. The highest BCUT2D eigenvalue weighted by Crippen LogP contribution is 2.48. The van der Waals surface area contributed by atoms with Gasteiger partial charge in [0.2, 0.25) is 10.0 Å². The Morgan fingerprint density at radius 3 is 2.24 bits per heavy atom. The second-order valence-corrected chi connectivity index (χ2v) is 14.6. The van der Waals surface area contributed by atoms with Crippen LogP contribution < -0.4 is 16.2 Å². The molecule has 0 unspecified atom stereocenters. The van der Waals surface area contributed by atoms with E-state index in [1.165, 1.54) is 52.1 Å². The van der Waals surface area contributed by atoms with Crippen LogP contribution in [-0.4, -0.2) is 18.4 Å². The summed E-state index contributed by atoms with van der Waals surface area (Å²) in [5, 5.41) is 11.9. The van der Waals surface area contributed by atoms with Crippen LogP contribution >= 0.6 is 22.7 Å². The summed E-state index contributed by atoms with van der Waals surface area (Å²) in [6.07, 6.45) is 3.29. The lowest BCUT2D eigenvalue weighted by Crippen LogP contribution is -2.34. The summed E-state index contributed by atoms with van der Waals surface area (Å²) >= 11 is 2.98. The van der Waals surface area contributed by atoms with E-state index in [2.05, 4.69) is 62.4 Å². The van der Waals surface area contributed by atoms with Crippen LogP contribution in [-0.2, 0) is 27.3 Å². The minimum absolute atomic E-state index is 0.0540. The Hall–Kier alpha value is -2.79. The van der Waals surface area contributed by atoms with Crippen LogP contribution in [0.3, 0.4) is 0 Å². The van der Waals surface area contributed by atoms with Gasteiger partial charge in [-0.3, -0.25) is 0 Å². The first kappa shape index (κ1) is 26.8. The summed E-state index contributed by atoms with van der Waals surface area (Å²) in [5.74, 6) is 0.406. The smallest absolute Gasteiger partial charge is 0.238 e. The van der Waals surface area contributed by atoms with E-state index in [1.807, 2.05) is 0 Å². The van der Waals surface area contributed by atoms with Crippen molar-refractivity contribution in [2.75, 3.05) is 11.1 Å². The largest absolute Gasteiger partial charge is 0.382 e. The summed E-state index contributed by atoms with van der Waals surface area (Å²) in [6, 6.07) is 11.0. The van der Waals surface area contributed by atoms with Gasteiger partial charge in [0.05, 0.1) is 10.6 Å². The Kier molecular flexibility index (Phi) is 6.66. The quantitative estimate of drug-likeness (QED) is 0.235. The van der Waals surface area contributed by atoms with Crippen molar-refractivity contribution in [2.45, 2.75) is 69.6 Å². The first-order valence-electron chi connectivity index (χ1n) is 12.6. The van der Waals surface area contributed by atoms with E-state index >= 15 is 0 Å². The van der Waals surface area contributed by atoms with Gasteiger partial charge in [0.1, 0.15) is 15.7 Å². The van der Waals surface area contributed by atoms with Gasteiger partial charge in [-0.25, -0.2) is 23.5 Å². The van der Waals surface area contributed by atoms with E-state index in [0.717, 1.165) is 28.4 Å². The highest BCUT2D eigenvalue weighted by atomic mass is 32.2. The molecule has 1 aliphatic rings. The fourth-order valence-electron chi connectivity index (χ4n) is 5.08. The highest BCUT2D eigenvalue weighted by Gasteiger charge is 2.37. The van der Waals surface area contributed by atoms with Gasteiger partial charge < -0.3 is 11.1 Å². The second-order valence-electron chi connectivity index (χ2n) is 11.1. The predicted molar refractivity (Wildman–Crippen MR) is 159 cm³/mol. The summed E-state index contributed by atoms with van der Waals surface area (Å²) in [5.41, 5.74) is 13.6. The van der Waals surface area contributed by atoms with Crippen molar-refractivity contribution < 1.29 is 8.42 Å². The number of sulfonamides is 1. The fourth-order valence-corrected chi connectivity index (χ4v) is 7.42. The van der Waals surface area contributed by atoms with Gasteiger partial charge in [-0.2, -0.15) is 0 Å². The lowest BCUT2D eigenvalue weighted by atomic mass is 9.62. The zero-order chi connectivity index (χ0) is 27.5. The number of rotatable bonds is 6. The zero-order valence-corrected chi connectivity index (χ0v) is 24.7. The number of primary sulfonamides is 1. The lowest BCUT2D eigenvalue weighted by Gasteiger charge is -2.42. The van der Waals surface area contributed by atoms with Crippen molar-refractivity contribution in [3.8, 4) is 21.1 Å². The van der Waals surface area contributed by atoms with Gasteiger partial charge in [0.25, 0.3) is 0 Å². The molecular formula is C28H33N5O2S3. The Morgan fingerprint density at radius 2 is 1.63 bits per heavy atom. The van der Waals surface area contributed by atoms with Gasteiger partial charge >= 0.3 is 0 Å². The minimum atomic E-state index is -3.74. The maximum Gasteiger partial charge on any atom is 0.238 e. The Balaban J connectivity index is 1.46. The number of aromatic nitrogens is 2. The average molecular weight is 568 g/mol. The van der Waals surface area contributed by atoms with Crippen molar-refractivity contribution in [1.29, 1.82) is 0 Å². The maximum absolute atomic E-state index is 11.5. The molecule has 0 spiro atoms.